The second-order valence-corrected chi connectivity index (χ2v) is 6.24. The van der Waals surface area contributed by atoms with E-state index in [0.29, 0.717) is 35.7 Å². The number of aryl methyl sites for hydroxylation is 1. The van der Waals surface area contributed by atoms with Crippen LogP contribution in [0, 0.1) is 12.8 Å². The SMILES string of the molecule is Cc1nc(C2CC3CCC(C2)N3C(=O)C2CC2)no1. The van der Waals surface area contributed by atoms with Crippen LogP contribution >= 0.6 is 0 Å². The molecule has 2 atom stereocenters. The van der Waals surface area contributed by atoms with Gasteiger partial charge in [-0.05, 0) is 38.5 Å². The Labute approximate surface area is 112 Å². The van der Waals surface area contributed by atoms with Crippen molar-refractivity contribution in [2.75, 3.05) is 0 Å². The van der Waals surface area contributed by atoms with Gasteiger partial charge >= 0.3 is 0 Å². The lowest BCUT2D eigenvalue weighted by Gasteiger charge is -2.38. The number of amides is 1. The number of hydrogen-bond donors (Lipinski definition) is 0. The lowest BCUT2D eigenvalue weighted by atomic mass is 9.89. The van der Waals surface area contributed by atoms with Crippen LogP contribution in [0.25, 0.3) is 0 Å². The van der Waals surface area contributed by atoms with Crippen LogP contribution < -0.4 is 0 Å². The van der Waals surface area contributed by atoms with E-state index in [2.05, 4.69) is 15.0 Å². The first-order chi connectivity index (χ1) is 9.22. The van der Waals surface area contributed by atoms with E-state index in [-0.39, 0.29) is 0 Å². The minimum Gasteiger partial charge on any atom is -0.340 e. The van der Waals surface area contributed by atoms with Crippen molar-refractivity contribution in [3.05, 3.63) is 11.7 Å². The van der Waals surface area contributed by atoms with E-state index in [4.69, 9.17) is 4.52 Å². The monoisotopic (exact) mass is 261 g/mol. The van der Waals surface area contributed by atoms with Gasteiger partial charge in [-0.15, -0.1) is 0 Å². The molecule has 3 heterocycles. The fraction of sp³-hybridized carbons (Fsp3) is 0.786. The largest absolute Gasteiger partial charge is 0.340 e. The summed E-state index contributed by atoms with van der Waals surface area (Å²) in [5, 5.41) is 4.06. The van der Waals surface area contributed by atoms with Crippen molar-refractivity contribution >= 4 is 5.91 Å². The average molecular weight is 261 g/mol. The number of hydrogen-bond acceptors (Lipinski definition) is 4. The molecule has 5 nitrogen and oxygen atoms in total. The van der Waals surface area contributed by atoms with E-state index < -0.39 is 0 Å². The summed E-state index contributed by atoms with van der Waals surface area (Å²) in [4.78, 5) is 18.9. The van der Waals surface area contributed by atoms with Gasteiger partial charge in [-0.2, -0.15) is 4.98 Å². The van der Waals surface area contributed by atoms with Gasteiger partial charge in [0.1, 0.15) is 0 Å². The summed E-state index contributed by atoms with van der Waals surface area (Å²) in [5.74, 6) is 2.60. The molecule has 2 saturated heterocycles. The number of piperidine rings is 1. The molecule has 2 bridgehead atoms. The minimum absolute atomic E-state index is 0.340. The van der Waals surface area contributed by atoms with E-state index in [9.17, 15) is 4.79 Å². The third-order valence-electron chi connectivity index (χ3n) is 4.82. The van der Waals surface area contributed by atoms with Crippen LogP contribution in [0.3, 0.4) is 0 Å². The third-order valence-corrected chi connectivity index (χ3v) is 4.82. The highest BCUT2D eigenvalue weighted by Gasteiger charge is 2.47. The van der Waals surface area contributed by atoms with Crippen molar-refractivity contribution in [3.8, 4) is 0 Å². The van der Waals surface area contributed by atoms with E-state index in [1.165, 1.54) is 0 Å². The van der Waals surface area contributed by atoms with Crippen molar-refractivity contribution in [1.82, 2.24) is 15.0 Å². The van der Waals surface area contributed by atoms with Crippen LogP contribution in [0.2, 0.25) is 0 Å². The molecule has 1 amide bonds. The van der Waals surface area contributed by atoms with Crippen molar-refractivity contribution in [1.29, 1.82) is 0 Å². The molecule has 2 unspecified atom stereocenters. The number of nitrogens with zero attached hydrogens (tertiary/aromatic N) is 3. The zero-order chi connectivity index (χ0) is 13.0. The molecule has 5 heteroatoms. The van der Waals surface area contributed by atoms with E-state index in [1.807, 2.05) is 6.92 Å². The van der Waals surface area contributed by atoms with Gasteiger partial charge in [0, 0.05) is 30.8 Å². The maximum Gasteiger partial charge on any atom is 0.226 e. The Morgan fingerprint density at radius 2 is 1.89 bits per heavy atom. The zero-order valence-electron chi connectivity index (χ0n) is 11.2. The summed E-state index contributed by atoms with van der Waals surface area (Å²) < 4.78 is 5.09. The number of aromatic nitrogens is 2. The molecule has 0 aromatic carbocycles. The van der Waals surface area contributed by atoms with E-state index >= 15 is 0 Å². The molecule has 0 N–H and O–H groups in total. The number of carbonyl (C=O) groups excluding carboxylic acids is 1. The number of fused-ring (bicyclic) bond motifs is 2. The molecular weight excluding hydrogens is 242 g/mol. The van der Waals surface area contributed by atoms with Gasteiger partial charge in [0.15, 0.2) is 5.82 Å². The molecule has 1 aliphatic carbocycles. The smallest absolute Gasteiger partial charge is 0.226 e. The molecule has 3 aliphatic rings. The second-order valence-electron chi connectivity index (χ2n) is 6.24. The molecule has 19 heavy (non-hydrogen) atoms. The Kier molecular flexibility index (Phi) is 2.44. The molecule has 2 aliphatic heterocycles. The Bertz CT molecular complexity index is 495. The summed E-state index contributed by atoms with van der Waals surface area (Å²) in [6, 6.07) is 0.825. The Morgan fingerprint density at radius 3 is 2.42 bits per heavy atom. The highest BCUT2D eigenvalue weighted by molar-refractivity contribution is 5.82. The first kappa shape index (κ1) is 11.4. The lowest BCUT2D eigenvalue weighted by molar-refractivity contribution is -0.137. The molecule has 3 fully saturated rings. The maximum absolute atomic E-state index is 12.3. The highest BCUT2D eigenvalue weighted by Crippen LogP contribution is 2.45. The van der Waals surface area contributed by atoms with Crippen LogP contribution in [0.4, 0.5) is 0 Å². The predicted octanol–water partition coefficient (Wildman–Crippen LogP) is 2.03. The second kappa shape index (κ2) is 4.05. The molecular formula is C14H19N3O2. The fourth-order valence-corrected chi connectivity index (χ4v) is 3.77. The lowest BCUT2D eigenvalue weighted by Crippen LogP contribution is -2.46. The van der Waals surface area contributed by atoms with Crippen LogP contribution in [-0.2, 0) is 4.79 Å². The molecule has 1 saturated carbocycles. The van der Waals surface area contributed by atoms with Crippen LogP contribution in [0.5, 0.6) is 0 Å². The summed E-state index contributed by atoms with van der Waals surface area (Å²) in [7, 11) is 0. The van der Waals surface area contributed by atoms with Gasteiger partial charge < -0.3 is 9.42 Å². The zero-order valence-corrected chi connectivity index (χ0v) is 11.2. The van der Waals surface area contributed by atoms with Gasteiger partial charge in [-0.3, -0.25) is 4.79 Å². The molecule has 0 spiro atoms. The van der Waals surface area contributed by atoms with Crippen molar-refractivity contribution in [2.45, 2.75) is 63.5 Å². The predicted molar refractivity (Wildman–Crippen MR) is 67.4 cm³/mol. The van der Waals surface area contributed by atoms with Crippen molar-refractivity contribution < 1.29 is 9.32 Å². The molecule has 4 rings (SSSR count). The maximum atomic E-state index is 12.3. The van der Waals surface area contributed by atoms with Crippen LogP contribution in [0.15, 0.2) is 4.52 Å². The first-order valence-electron chi connectivity index (χ1n) is 7.34. The fourth-order valence-electron chi connectivity index (χ4n) is 3.77. The third kappa shape index (κ3) is 1.86. The Hall–Kier alpha value is -1.39. The van der Waals surface area contributed by atoms with Gasteiger partial charge in [0.2, 0.25) is 11.8 Å². The summed E-state index contributed by atoms with van der Waals surface area (Å²) in [6.07, 6.45) is 6.51. The molecule has 1 aromatic heterocycles. The van der Waals surface area contributed by atoms with E-state index in [1.54, 1.807) is 0 Å². The Morgan fingerprint density at radius 1 is 1.21 bits per heavy atom. The first-order valence-corrected chi connectivity index (χ1v) is 7.34. The summed E-state index contributed by atoms with van der Waals surface area (Å²) >= 11 is 0. The van der Waals surface area contributed by atoms with Crippen molar-refractivity contribution in [3.63, 3.8) is 0 Å². The quantitative estimate of drug-likeness (QED) is 0.817. The minimum atomic E-state index is 0.340. The van der Waals surface area contributed by atoms with Crippen molar-refractivity contribution in [2.24, 2.45) is 5.92 Å². The van der Waals surface area contributed by atoms with Gasteiger partial charge in [-0.25, -0.2) is 0 Å². The highest BCUT2D eigenvalue weighted by atomic mass is 16.5. The molecule has 0 radical (unpaired) electrons. The Balaban J connectivity index is 1.53. The van der Waals surface area contributed by atoms with Gasteiger partial charge in [0.25, 0.3) is 0 Å². The van der Waals surface area contributed by atoms with Crippen LogP contribution in [0.1, 0.15) is 56.2 Å². The normalized spacial score (nSPS) is 33.7. The molecule has 1 aromatic rings. The summed E-state index contributed by atoms with van der Waals surface area (Å²) in [5.41, 5.74) is 0. The van der Waals surface area contributed by atoms with Crippen LogP contribution in [-0.4, -0.2) is 33.0 Å². The number of carbonyl (C=O) groups is 1. The number of rotatable bonds is 2. The summed E-state index contributed by atoms with van der Waals surface area (Å²) in [6.45, 7) is 1.83. The average Bonchev–Trinajstić information content (AvgIpc) is 3.11. The van der Waals surface area contributed by atoms with Gasteiger partial charge in [0.05, 0.1) is 0 Å². The standard InChI is InChI=1S/C14H19N3O2/c1-8-15-13(16-19-8)10-6-11-4-5-12(7-10)17(11)14(18)9-2-3-9/h9-12H,2-7H2,1H3. The van der Waals surface area contributed by atoms with E-state index in [0.717, 1.165) is 44.3 Å². The topological polar surface area (TPSA) is 59.2 Å². The molecule has 102 valence electrons. The van der Waals surface area contributed by atoms with Gasteiger partial charge in [-0.1, -0.05) is 5.16 Å².